The highest BCUT2D eigenvalue weighted by Gasteiger charge is 2.09. The fraction of sp³-hybridized carbons (Fsp3) is 0.833. The van der Waals surface area contributed by atoms with Crippen LogP contribution in [-0.2, 0) is 4.74 Å². The largest absolute Gasteiger partial charge is 0.383 e. The van der Waals surface area contributed by atoms with Gasteiger partial charge in [-0.3, -0.25) is 0 Å². The minimum Gasteiger partial charge on any atom is -0.383 e. The van der Waals surface area contributed by atoms with Gasteiger partial charge in [0.1, 0.15) is 6.23 Å². The van der Waals surface area contributed by atoms with Crippen molar-refractivity contribution in [1.82, 2.24) is 10.6 Å². The molecule has 1 aliphatic heterocycles. The Hall–Kier alpha value is -0.350. The molecule has 1 heterocycles. The van der Waals surface area contributed by atoms with Crippen molar-refractivity contribution < 1.29 is 4.74 Å². The van der Waals surface area contributed by atoms with E-state index >= 15 is 0 Å². The van der Waals surface area contributed by atoms with E-state index < -0.39 is 0 Å². The van der Waals surface area contributed by atoms with Crippen LogP contribution in [0.15, 0.2) is 11.9 Å². The van der Waals surface area contributed by atoms with Crippen molar-refractivity contribution in [3.05, 3.63) is 11.9 Å². The number of ether oxygens (including phenoxy) is 1. The van der Waals surface area contributed by atoms with Gasteiger partial charge in [0.25, 0.3) is 0 Å². The summed E-state index contributed by atoms with van der Waals surface area (Å²) < 4.78 is 5.53. The molecule has 1 aliphatic rings. The van der Waals surface area contributed by atoms with Crippen molar-refractivity contribution in [3.63, 3.8) is 0 Å². The molecule has 0 fully saturated rings. The van der Waals surface area contributed by atoms with E-state index in [1.54, 1.807) is 11.8 Å². The van der Waals surface area contributed by atoms with E-state index in [9.17, 15) is 0 Å². The molecule has 0 saturated carbocycles. The maximum atomic E-state index is 5.53. The van der Waals surface area contributed by atoms with Crippen molar-refractivity contribution in [2.75, 3.05) is 25.2 Å². The number of nitrogens with one attached hydrogen (secondary N) is 2. The van der Waals surface area contributed by atoms with Gasteiger partial charge in [-0.15, -0.1) is 0 Å². The van der Waals surface area contributed by atoms with E-state index in [1.165, 1.54) is 5.70 Å². The first-order valence-corrected chi connectivity index (χ1v) is 7.49. The standard InChI is InChI=1S/C8H16N2OS.2C2H6/c1-7-5-10-8(6-9-7)11-3-4-12-2;2*1-2/h5,8-10H,3-4,6H2,1-2H3;2*1-2H3. The van der Waals surface area contributed by atoms with Gasteiger partial charge in [0, 0.05) is 17.6 Å². The maximum Gasteiger partial charge on any atom is 0.144 e. The highest BCUT2D eigenvalue weighted by molar-refractivity contribution is 7.98. The third-order valence-electron chi connectivity index (χ3n) is 1.66. The molecule has 0 aromatic rings. The van der Waals surface area contributed by atoms with Gasteiger partial charge in [-0.05, 0) is 13.2 Å². The summed E-state index contributed by atoms with van der Waals surface area (Å²) in [5, 5.41) is 6.40. The molecule has 0 aromatic carbocycles. The molecule has 0 radical (unpaired) electrons. The summed E-state index contributed by atoms with van der Waals surface area (Å²) in [6.45, 7) is 11.7. The predicted molar refractivity (Wildman–Crippen MR) is 75.7 cm³/mol. The first-order valence-electron chi connectivity index (χ1n) is 6.10. The van der Waals surface area contributed by atoms with Gasteiger partial charge in [0.2, 0.25) is 0 Å². The fourth-order valence-corrected chi connectivity index (χ4v) is 1.23. The lowest BCUT2D eigenvalue weighted by atomic mass is 10.4. The molecule has 0 aromatic heterocycles. The van der Waals surface area contributed by atoms with Crippen molar-refractivity contribution in [2.45, 2.75) is 40.8 Å². The van der Waals surface area contributed by atoms with Crippen molar-refractivity contribution >= 4 is 11.8 Å². The van der Waals surface area contributed by atoms with Gasteiger partial charge in [0.15, 0.2) is 0 Å². The zero-order chi connectivity index (χ0) is 12.8. The summed E-state index contributed by atoms with van der Waals surface area (Å²) in [5.74, 6) is 1.06. The first-order chi connectivity index (χ1) is 7.83. The molecule has 0 saturated heterocycles. The summed E-state index contributed by atoms with van der Waals surface area (Å²) in [6.07, 6.45) is 4.17. The fourth-order valence-electron chi connectivity index (χ4n) is 0.962. The Kier molecular flexibility index (Phi) is 16.5. The summed E-state index contributed by atoms with van der Waals surface area (Å²) in [6, 6.07) is 0. The first kappa shape index (κ1) is 18.0. The van der Waals surface area contributed by atoms with Gasteiger partial charge >= 0.3 is 0 Å². The number of allylic oxidation sites excluding steroid dienone is 1. The second-order valence-electron chi connectivity index (χ2n) is 2.73. The smallest absolute Gasteiger partial charge is 0.144 e. The Morgan fingerprint density at radius 2 is 2.00 bits per heavy atom. The molecule has 1 rings (SSSR count). The Morgan fingerprint density at radius 1 is 1.38 bits per heavy atom. The monoisotopic (exact) mass is 248 g/mol. The summed E-state index contributed by atoms with van der Waals surface area (Å²) in [7, 11) is 0. The van der Waals surface area contributed by atoms with Crippen molar-refractivity contribution in [2.24, 2.45) is 0 Å². The molecular formula is C12H28N2OS. The number of thioether (sulfide) groups is 1. The average Bonchev–Trinajstić information content (AvgIpc) is 2.37. The molecule has 98 valence electrons. The highest BCUT2D eigenvalue weighted by Crippen LogP contribution is 1.98. The van der Waals surface area contributed by atoms with Gasteiger partial charge < -0.3 is 15.4 Å². The molecule has 3 nitrogen and oxygen atoms in total. The third kappa shape index (κ3) is 10.2. The lowest BCUT2D eigenvalue weighted by Gasteiger charge is -2.24. The van der Waals surface area contributed by atoms with Crippen LogP contribution in [0.3, 0.4) is 0 Å². The molecule has 1 unspecified atom stereocenters. The van der Waals surface area contributed by atoms with E-state index in [0.29, 0.717) is 0 Å². The predicted octanol–water partition coefficient (Wildman–Crippen LogP) is 2.80. The lowest BCUT2D eigenvalue weighted by Crippen LogP contribution is -2.42. The SMILES string of the molecule is CC.CC.CSCCOC1CNC(C)=CN1. The molecule has 0 spiro atoms. The summed E-state index contributed by atoms with van der Waals surface area (Å²) in [5.41, 5.74) is 1.17. The van der Waals surface area contributed by atoms with Crippen LogP contribution in [0.1, 0.15) is 34.6 Å². The van der Waals surface area contributed by atoms with E-state index in [-0.39, 0.29) is 6.23 Å². The topological polar surface area (TPSA) is 33.3 Å². The highest BCUT2D eigenvalue weighted by atomic mass is 32.2. The number of rotatable bonds is 4. The van der Waals surface area contributed by atoms with Crippen LogP contribution in [0.2, 0.25) is 0 Å². The van der Waals surface area contributed by atoms with Crippen LogP contribution in [0.5, 0.6) is 0 Å². The number of hydrogen-bond acceptors (Lipinski definition) is 4. The maximum absolute atomic E-state index is 5.53. The molecule has 0 aliphatic carbocycles. The Labute approximate surface area is 105 Å². The quantitative estimate of drug-likeness (QED) is 0.750. The van der Waals surface area contributed by atoms with Crippen LogP contribution < -0.4 is 10.6 Å². The molecule has 0 bridgehead atoms. The van der Waals surface area contributed by atoms with Gasteiger partial charge in [-0.1, -0.05) is 27.7 Å². The van der Waals surface area contributed by atoms with Crippen LogP contribution in [-0.4, -0.2) is 31.4 Å². The van der Waals surface area contributed by atoms with Crippen LogP contribution >= 0.6 is 11.8 Å². The third-order valence-corrected chi connectivity index (χ3v) is 2.23. The molecule has 4 heteroatoms. The zero-order valence-electron chi connectivity index (χ0n) is 11.6. The van der Waals surface area contributed by atoms with Crippen LogP contribution in [0.25, 0.3) is 0 Å². The minimum atomic E-state index is 0.140. The number of hydrogen-bond donors (Lipinski definition) is 2. The molecule has 2 N–H and O–H groups in total. The lowest BCUT2D eigenvalue weighted by molar-refractivity contribution is 0.0476. The Bertz CT molecular complexity index is 163. The van der Waals surface area contributed by atoms with Crippen LogP contribution in [0, 0.1) is 0 Å². The van der Waals surface area contributed by atoms with E-state index in [1.807, 2.05) is 40.8 Å². The van der Waals surface area contributed by atoms with Gasteiger partial charge in [0.05, 0.1) is 13.2 Å². The normalized spacial score (nSPS) is 17.6. The molecule has 16 heavy (non-hydrogen) atoms. The summed E-state index contributed by atoms with van der Waals surface area (Å²) >= 11 is 1.80. The minimum absolute atomic E-state index is 0.140. The second-order valence-corrected chi connectivity index (χ2v) is 3.71. The Balaban J connectivity index is 0. The summed E-state index contributed by atoms with van der Waals surface area (Å²) in [4.78, 5) is 0. The molecule has 1 atom stereocenters. The van der Waals surface area contributed by atoms with E-state index in [0.717, 1.165) is 18.9 Å². The molecule has 0 amide bonds. The van der Waals surface area contributed by atoms with E-state index in [2.05, 4.69) is 16.9 Å². The zero-order valence-corrected chi connectivity index (χ0v) is 12.4. The van der Waals surface area contributed by atoms with E-state index in [4.69, 9.17) is 4.74 Å². The second kappa shape index (κ2) is 14.6. The van der Waals surface area contributed by atoms with Crippen molar-refractivity contribution in [3.8, 4) is 0 Å². The molecular weight excluding hydrogens is 220 g/mol. The Morgan fingerprint density at radius 3 is 2.44 bits per heavy atom. The van der Waals surface area contributed by atoms with Crippen molar-refractivity contribution in [1.29, 1.82) is 0 Å². The van der Waals surface area contributed by atoms with Gasteiger partial charge in [-0.2, -0.15) is 11.8 Å². The van der Waals surface area contributed by atoms with Crippen LogP contribution in [0.4, 0.5) is 0 Å². The van der Waals surface area contributed by atoms with Gasteiger partial charge in [-0.25, -0.2) is 0 Å². The average molecular weight is 248 g/mol.